The van der Waals surface area contributed by atoms with E-state index in [1.807, 2.05) is 0 Å². The molecule has 0 fully saturated rings. The van der Waals surface area contributed by atoms with Gasteiger partial charge >= 0.3 is 7.60 Å². The summed E-state index contributed by atoms with van der Waals surface area (Å²) >= 11 is 0. The van der Waals surface area contributed by atoms with Crippen molar-refractivity contribution in [3.8, 4) is 0 Å². The Morgan fingerprint density at radius 2 is 2.17 bits per heavy atom. The molecule has 4 N–H and O–H groups in total. The second-order valence-corrected chi connectivity index (χ2v) is 6.04. The Labute approximate surface area is 140 Å². The number of imidazole rings is 1. The van der Waals surface area contributed by atoms with E-state index in [9.17, 15) is 8.96 Å². The third-order valence-electron chi connectivity index (χ3n) is 2.84. The molecule has 0 saturated heterocycles. The minimum Gasteiger partial charge on any atom is -0.382 e. The van der Waals surface area contributed by atoms with E-state index in [0.717, 1.165) is 6.08 Å². The molecule has 0 bridgehead atoms. The molecule has 13 heteroatoms. The summed E-state index contributed by atoms with van der Waals surface area (Å²) < 4.78 is 36.1. The van der Waals surface area contributed by atoms with Crippen LogP contribution in [0, 0.1) is 0 Å². The van der Waals surface area contributed by atoms with Crippen LogP contribution >= 0.6 is 7.60 Å². The van der Waals surface area contributed by atoms with Crippen molar-refractivity contribution in [3.63, 3.8) is 0 Å². The number of nitrogens with two attached hydrogens (primary N) is 1. The number of nitrogens with zero attached hydrogens (tertiary/aromatic N) is 4. The number of fused-ring (bicyclic) bond motifs is 1. The van der Waals surface area contributed by atoms with E-state index < -0.39 is 32.3 Å². The summed E-state index contributed by atoms with van der Waals surface area (Å²) in [5, 5.41) is 0. The molecule has 10 nitrogen and oxygen atoms in total. The van der Waals surface area contributed by atoms with Gasteiger partial charge in [-0.05, 0) is 0 Å². The number of rotatable bonds is 4. The van der Waals surface area contributed by atoms with E-state index in [1.165, 1.54) is 17.2 Å². The number of hydrogen-bond acceptors (Lipinski definition) is 7. The molecule has 1 aliphatic rings. The Balaban J connectivity index is 0.00000192. The number of ether oxygens (including phenoxy) is 2. The van der Waals surface area contributed by atoms with Crippen molar-refractivity contribution in [2.45, 2.75) is 12.5 Å². The molecule has 0 aromatic carbocycles. The standard InChI is InChI=1S/C10H11FN5O5P.V/c11-5-1-6(20-4-22(17,18)19)21-10(5)16-3-15-7-8(12)13-2-14-9(7)16;/h1-3,6,10H,4H2,(H2,12,13,14)(H2,17,18,19);/t6-,10+;/m0./s1. The first kappa shape index (κ1) is 18.0. The van der Waals surface area contributed by atoms with Crippen LogP contribution in [0.4, 0.5) is 10.2 Å². The summed E-state index contributed by atoms with van der Waals surface area (Å²) in [7, 11) is -4.37. The van der Waals surface area contributed by atoms with Crippen molar-refractivity contribution in [1.82, 2.24) is 19.5 Å². The van der Waals surface area contributed by atoms with Gasteiger partial charge in [-0.3, -0.25) is 9.13 Å². The van der Waals surface area contributed by atoms with Crippen molar-refractivity contribution in [1.29, 1.82) is 0 Å². The maximum absolute atomic E-state index is 14.0. The first-order valence-electron chi connectivity index (χ1n) is 5.97. The summed E-state index contributed by atoms with van der Waals surface area (Å²) in [5.74, 6) is -0.562. The zero-order valence-corrected chi connectivity index (χ0v) is 13.6. The quantitative estimate of drug-likeness (QED) is 0.634. The zero-order valence-electron chi connectivity index (χ0n) is 11.4. The van der Waals surface area contributed by atoms with Gasteiger partial charge in [0.1, 0.15) is 11.8 Å². The number of nitrogen functional groups attached to an aromatic ring is 1. The van der Waals surface area contributed by atoms with Gasteiger partial charge in [0, 0.05) is 24.6 Å². The Bertz CT molecular complexity index is 795. The van der Waals surface area contributed by atoms with E-state index in [2.05, 4.69) is 15.0 Å². The minimum atomic E-state index is -4.37. The molecular weight excluding hydrogens is 371 g/mol. The monoisotopic (exact) mass is 382 g/mol. The number of hydrogen-bond donors (Lipinski definition) is 3. The largest absolute Gasteiger partial charge is 0.382 e. The van der Waals surface area contributed by atoms with Crippen LogP contribution in [0.2, 0.25) is 0 Å². The van der Waals surface area contributed by atoms with E-state index in [1.54, 1.807) is 0 Å². The molecule has 0 unspecified atom stereocenters. The second kappa shape index (κ2) is 6.66. The maximum atomic E-state index is 14.0. The van der Waals surface area contributed by atoms with E-state index in [0.29, 0.717) is 5.52 Å². The van der Waals surface area contributed by atoms with Gasteiger partial charge in [0.25, 0.3) is 0 Å². The van der Waals surface area contributed by atoms with Crippen LogP contribution in [0.25, 0.3) is 11.2 Å². The van der Waals surface area contributed by atoms with Crippen molar-refractivity contribution in [3.05, 3.63) is 24.6 Å². The number of halogens is 1. The molecule has 1 aliphatic heterocycles. The summed E-state index contributed by atoms with van der Waals surface area (Å²) in [5.41, 5.74) is 6.19. The molecule has 2 aromatic heterocycles. The summed E-state index contributed by atoms with van der Waals surface area (Å²) in [6.07, 6.45) is 0.133. The Morgan fingerprint density at radius 3 is 2.87 bits per heavy atom. The summed E-state index contributed by atoms with van der Waals surface area (Å²) in [4.78, 5) is 29.2. The molecule has 2 atom stereocenters. The molecule has 3 rings (SSSR count). The van der Waals surface area contributed by atoms with Crippen LogP contribution in [-0.2, 0) is 32.6 Å². The van der Waals surface area contributed by atoms with Gasteiger partial charge < -0.3 is 25.0 Å². The van der Waals surface area contributed by atoms with Crippen molar-refractivity contribution < 1.29 is 46.8 Å². The molecule has 1 radical (unpaired) electrons. The average molecular weight is 382 g/mol. The van der Waals surface area contributed by atoms with Gasteiger partial charge in [-0.25, -0.2) is 19.3 Å². The molecular formula is C10H11FN5O5PV. The first-order chi connectivity index (χ1) is 10.3. The maximum Gasteiger partial charge on any atom is 0.351 e. The van der Waals surface area contributed by atoms with Crippen molar-refractivity contribution in [2.75, 3.05) is 12.1 Å². The van der Waals surface area contributed by atoms with Crippen LogP contribution in [0.1, 0.15) is 6.23 Å². The van der Waals surface area contributed by atoms with Gasteiger partial charge in [-0.15, -0.1) is 0 Å². The van der Waals surface area contributed by atoms with Crippen LogP contribution in [0.3, 0.4) is 0 Å². The van der Waals surface area contributed by atoms with E-state index >= 15 is 0 Å². The SMILES string of the molecule is Nc1ncnc2c1ncn2[C@@H]1O[C@H](OCP(=O)(O)O)C=C1F.[V]. The van der Waals surface area contributed by atoms with Crippen LogP contribution in [-0.4, -0.2) is 41.9 Å². The van der Waals surface area contributed by atoms with Gasteiger partial charge in [-0.1, -0.05) is 0 Å². The smallest absolute Gasteiger partial charge is 0.351 e. The summed E-state index contributed by atoms with van der Waals surface area (Å²) in [6.45, 7) is 0. The van der Waals surface area contributed by atoms with Crippen molar-refractivity contribution in [2.24, 2.45) is 0 Å². The third-order valence-corrected chi connectivity index (χ3v) is 3.33. The Hall–Kier alpha value is -1.33. The molecule has 0 amide bonds. The van der Waals surface area contributed by atoms with E-state index in [-0.39, 0.29) is 30.0 Å². The summed E-state index contributed by atoms with van der Waals surface area (Å²) in [6, 6.07) is 0. The van der Waals surface area contributed by atoms with Gasteiger partial charge in [0.05, 0.1) is 6.33 Å². The predicted octanol–water partition coefficient (Wildman–Crippen LogP) is 0.266. The van der Waals surface area contributed by atoms with Crippen LogP contribution in [0.5, 0.6) is 0 Å². The fourth-order valence-electron chi connectivity index (χ4n) is 1.94. The zero-order chi connectivity index (χ0) is 15.9. The fraction of sp³-hybridized carbons (Fsp3) is 0.300. The third kappa shape index (κ3) is 3.78. The average Bonchev–Trinajstić information content (AvgIpc) is 3.00. The van der Waals surface area contributed by atoms with Gasteiger partial charge in [-0.2, -0.15) is 0 Å². The minimum absolute atomic E-state index is 0. The molecule has 0 spiro atoms. The molecule has 0 saturated carbocycles. The number of anilines is 1. The molecule has 123 valence electrons. The topological polar surface area (TPSA) is 146 Å². The van der Waals surface area contributed by atoms with Gasteiger partial charge in [0.2, 0.25) is 0 Å². The van der Waals surface area contributed by atoms with Crippen molar-refractivity contribution >= 4 is 24.6 Å². The fourth-order valence-corrected chi connectivity index (χ4v) is 2.28. The molecule has 0 aliphatic carbocycles. The Kier molecular flexibility index (Phi) is 5.21. The second-order valence-electron chi connectivity index (χ2n) is 4.45. The molecule has 3 heterocycles. The first-order valence-corrected chi connectivity index (χ1v) is 7.77. The molecule has 2 aromatic rings. The van der Waals surface area contributed by atoms with E-state index in [4.69, 9.17) is 25.0 Å². The van der Waals surface area contributed by atoms with Crippen LogP contribution in [0.15, 0.2) is 24.6 Å². The number of aromatic nitrogens is 4. The normalized spacial score (nSPS) is 21.3. The Morgan fingerprint density at radius 1 is 1.43 bits per heavy atom. The predicted molar refractivity (Wildman–Crippen MR) is 70.8 cm³/mol. The van der Waals surface area contributed by atoms with Gasteiger partial charge in [0.15, 0.2) is 36.2 Å². The molecule has 23 heavy (non-hydrogen) atoms. The van der Waals surface area contributed by atoms with Crippen LogP contribution < -0.4 is 5.73 Å².